The van der Waals surface area contributed by atoms with E-state index in [0.717, 1.165) is 18.4 Å². The van der Waals surface area contributed by atoms with E-state index < -0.39 is 16.6 Å². The Morgan fingerprint density at radius 3 is 2.66 bits per heavy atom. The van der Waals surface area contributed by atoms with Gasteiger partial charge < -0.3 is 18.9 Å². The molecule has 1 spiro atoms. The van der Waals surface area contributed by atoms with E-state index in [4.69, 9.17) is 30.5 Å². The quantitative estimate of drug-likeness (QED) is 0.402. The molecule has 0 aromatic heterocycles. The summed E-state index contributed by atoms with van der Waals surface area (Å²) in [5.74, 6) is 0.439. The standard InChI is InChI=1S/C22H26ClNO5/c1-26-18-8-7-15(12-19(18)28-16-5-3-4-6-16)17-11-14(13-24)9-10-21(17)22(23,29-21)20(25)27-2/h7-8,12,14,16-17H,3-6,9-11H2,1-2H3. The number of esters is 1. The largest absolute Gasteiger partial charge is 0.493 e. The number of rotatable bonds is 5. The zero-order valence-corrected chi connectivity index (χ0v) is 17.5. The van der Waals surface area contributed by atoms with Gasteiger partial charge in [-0.15, -0.1) is 0 Å². The van der Waals surface area contributed by atoms with Crippen LogP contribution in [-0.4, -0.2) is 37.0 Å². The van der Waals surface area contributed by atoms with Crippen LogP contribution in [0.2, 0.25) is 0 Å². The van der Waals surface area contributed by atoms with Gasteiger partial charge in [0.05, 0.1) is 26.4 Å². The van der Waals surface area contributed by atoms with E-state index in [2.05, 4.69) is 6.07 Å². The van der Waals surface area contributed by atoms with Gasteiger partial charge in [-0.05, 0) is 62.6 Å². The number of hydrogen-bond acceptors (Lipinski definition) is 6. The van der Waals surface area contributed by atoms with E-state index in [-0.39, 0.29) is 17.9 Å². The second-order valence-electron chi connectivity index (χ2n) is 8.17. The second kappa shape index (κ2) is 7.70. The number of carbonyl (C=O) groups excluding carboxylic acids is 1. The highest BCUT2D eigenvalue weighted by Gasteiger charge is 2.78. The highest BCUT2D eigenvalue weighted by molar-refractivity contribution is 6.36. The molecular weight excluding hydrogens is 394 g/mol. The molecule has 1 aromatic rings. The van der Waals surface area contributed by atoms with E-state index in [9.17, 15) is 10.1 Å². The van der Waals surface area contributed by atoms with Crippen molar-refractivity contribution in [1.82, 2.24) is 0 Å². The minimum Gasteiger partial charge on any atom is -0.493 e. The van der Waals surface area contributed by atoms with E-state index in [1.807, 2.05) is 18.2 Å². The lowest BCUT2D eigenvalue weighted by Gasteiger charge is -2.33. The summed E-state index contributed by atoms with van der Waals surface area (Å²) < 4.78 is 22.5. The monoisotopic (exact) mass is 419 g/mol. The molecule has 0 bridgehead atoms. The number of carbonyl (C=O) groups is 1. The lowest BCUT2D eigenvalue weighted by Crippen LogP contribution is -2.39. The van der Waals surface area contributed by atoms with Crippen molar-refractivity contribution in [3.05, 3.63) is 23.8 Å². The number of ether oxygens (including phenoxy) is 4. The first kappa shape index (κ1) is 20.3. The molecule has 0 N–H and O–H groups in total. The Balaban J connectivity index is 1.68. The van der Waals surface area contributed by atoms with Crippen LogP contribution in [0.3, 0.4) is 0 Å². The lowest BCUT2D eigenvalue weighted by molar-refractivity contribution is -0.143. The maximum absolute atomic E-state index is 12.3. The van der Waals surface area contributed by atoms with Crippen LogP contribution in [0.1, 0.15) is 56.4 Å². The first-order valence-corrected chi connectivity index (χ1v) is 10.6. The van der Waals surface area contributed by atoms with Crippen molar-refractivity contribution >= 4 is 17.6 Å². The fourth-order valence-electron chi connectivity index (χ4n) is 4.94. The van der Waals surface area contributed by atoms with Gasteiger partial charge in [-0.2, -0.15) is 5.26 Å². The fraction of sp³-hybridized carbons (Fsp3) is 0.636. The Kier molecular flexibility index (Phi) is 5.39. The molecule has 3 aliphatic rings. The van der Waals surface area contributed by atoms with Crippen molar-refractivity contribution in [2.45, 2.75) is 67.6 Å². The van der Waals surface area contributed by atoms with Gasteiger partial charge in [0, 0.05) is 11.8 Å². The summed E-state index contributed by atoms with van der Waals surface area (Å²) in [6, 6.07) is 8.14. The Morgan fingerprint density at radius 2 is 2.00 bits per heavy atom. The van der Waals surface area contributed by atoms with E-state index in [1.54, 1.807) is 7.11 Å². The van der Waals surface area contributed by atoms with Gasteiger partial charge in [-0.25, -0.2) is 4.79 Å². The second-order valence-corrected chi connectivity index (χ2v) is 8.70. The van der Waals surface area contributed by atoms with Crippen LogP contribution in [0.25, 0.3) is 0 Å². The Hall–Kier alpha value is -1.97. The van der Waals surface area contributed by atoms with E-state index >= 15 is 0 Å². The molecule has 4 unspecified atom stereocenters. The van der Waals surface area contributed by atoms with Crippen molar-refractivity contribution in [3.8, 4) is 17.6 Å². The summed E-state index contributed by atoms with van der Waals surface area (Å²) in [6.07, 6.45) is 6.33. The fourth-order valence-corrected chi connectivity index (χ4v) is 5.39. The summed E-state index contributed by atoms with van der Waals surface area (Å²) >= 11 is 6.57. The number of epoxide rings is 1. The number of methoxy groups -OCH3 is 2. The summed E-state index contributed by atoms with van der Waals surface area (Å²) in [5, 5.41) is 8.00. The topological polar surface area (TPSA) is 81.1 Å². The van der Waals surface area contributed by atoms with Crippen LogP contribution in [0.15, 0.2) is 18.2 Å². The molecule has 0 radical (unpaired) electrons. The maximum atomic E-state index is 12.3. The van der Waals surface area contributed by atoms with Gasteiger partial charge >= 0.3 is 5.97 Å². The van der Waals surface area contributed by atoms with Gasteiger partial charge in [-0.1, -0.05) is 17.7 Å². The van der Waals surface area contributed by atoms with Crippen molar-refractivity contribution in [2.75, 3.05) is 14.2 Å². The summed E-state index contributed by atoms with van der Waals surface area (Å²) in [4.78, 5) is 12.3. The predicted octanol–water partition coefficient (Wildman–Crippen LogP) is 4.30. The third-order valence-electron chi connectivity index (χ3n) is 6.59. The normalized spacial score (nSPS) is 33.9. The van der Waals surface area contributed by atoms with E-state index in [0.29, 0.717) is 30.8 Å². The SMILES string of the molecule is COC(=O)C1(Cl)OC12CCC(C#N)CC2c1ccc(OC)c(OC2CCCC2)c1. The van der Waals surface area contributed by atoms with Gasteiger partial charge in [0.1, 0.15) is 5.60 Å². The molecule has 4 rings (SSSR count). The smallest absolute Gasteiger partial charge is 0.357 e. The van der Waals surface area contributed by atoms with Gasteiger partial charge in [-0.3, -0.25) is 0 Å². The van der Waals surface area contributed by atoms with Crippen LogP contribution < -0.4 is 9.47 Å². The first-order chi connectivity index (χ1) is 14.0. The zero-order chi connectivity index (χ0) is 20.6. The summed E-state index contributed by atoms with van der Waals surface area (Å²) in [6.45, 7) is 0. The van der Waals surface area contributed by atoms with Gasteiger partial charge in [0.15, 0.2) is 11.5 Å². The van der Waals surface area contributed by atoms with Crippen molar-refractivity contribution in [3.63, 3.8) is 0 Å². The van der Waals surface area contributed by atoms with Gasteiger partial charge in [0.2, 0.25) is 0 Å². The minimum atomic E-state index is -1.50. The van der Waals surface area contributed by atoms with Crippen LogP contribution >= 0.6 is 11.6 Å². The number of benzene rings is 1. The van der Waals surface area contributed by atoms with Crippen LogP contribution in [-0.2, 0) is 14.3 Å². The molecule has 7 heteroatoms. The molecule has 1 aromatic carbocycles. The maximum Gasteiger partial charge on any atom is 0.357 e. The molecular formula is C22H26ClNO5. The third kappa shape index (κ3) is 3.35. The molecule has 3 fully saturated rings. The number of nitriles is 1. The molecule has 156 valence electrons. The molecule has 2 saturated carbocycles. The van der Waals surface area contributed by atoms with Crippen LogP contribution in [0.5, 0.6) is 11.5 Å². The minimum absolute atomic E-state index is 0.116. The molecule has 29 heavy (non-hydrogen) atoms. The molecule has 1 heterocycles. The Morgan fingerprint density at radius 1 is 1.24 bits per heavy atom. The summed E-state index contributed by atoms with van der Waals surface area (Å²) in [7, 11) is 2.92. The summed E-state index contributed by atoms with van der Waals surface area (Å²) in [5.41, 5.74) is 0.0685. The number of alkyl halides is 1. The molecule has 0 amide bonds. The molecule has 2 aliphatic carbocycles. The average Bonchev–Trinajstić information content (AvgIpc) is 3.07. The Labute approximate surface area is 176 Å². The molecule has 1 aliphatic heterocycles. The Bertz CT molecular complexity index is 833. The molecule has 6 nitrogen and oxygen atoms in total. The predicted molar refractivity (Wildman–Crippen MR) is 106 cm³/mol. The molecule has 4 atom stereocenters. The van der Waals surface area contributed by atoms with Crippen molar-refractivity contribution in [2.24, 2.45) is 5.92 Å². The first-order valence-electron chi connectivity index (χ1n) is 10.2. The van der Waals surface area contributed by atoms with Gasteiger partial charge in [0.25, 0.3) is 5.06 Å². The zero-order valence-electron chi connectivity index (χ0n) is 16.8. The van der Waals surface area contributed by atoms with E-state index in [1.165, 1.54) is 20.0 Å². The lowest BCUT2D eigenvalue weighted by atomic mass is 9.69. The van der Waals surface area contributed by atoms with Crippen molar-refractivity contribution < 1.29 is 23.7 Å². The highest BCUT2D eigenvalue weighted by Crippen LogP contribution is 2.66. The highest BCUT2D eigenvalue weighted by atomic mass is 35.5. The molecule has 1 saturated heterocycles. The number of halogens is 1. The number of nitrogens with zero attached hydrogens (tertiary/aromatic N) is 1. The van der Waals surface area contributed by atoms with Crippen LogP contribution in [0, 0.1) is 17.2 Å². The van der Waals surface area contributed by atoms with Crippen molar-refractivity contribution in [1.29, 1.82) is 5.26 Å². The average molecular weight is 420 g/mol. The van der Waals surface area contributed by atoms with Crippen LogP contribution in [0.4, 0.5) is 0 Å². The third-order valence-corrected chi connectivity index (χ3v) is 7.14. The number of hydrogen-bond donors (Lipinski definition) is 0.